The average Bonchev–Trinajstić information content (AvgIpc) is 2.76. The third kappa shape index (κ3) is 3.46. The van der Waals surface area contributed by atoms with E-state index in [1.165, 1.54) is 0 Å². The summed E-state index contributed by atoms with van der Waals surface area (Å²) in [6, 6.07) is 10.2. The second-order valence-corrected chi connectivity index (χ2v) is 6.90. The SMILES string of the molecule is CNCc1ccc(CS(=O)(=O)c2ccccc2Br)o1. The summed E-state index contributed by atoms with van der Waals surface area (Å²) < 4.78 is 30.6. The van der Waals surface area contributed by atoms with Crippen molar-refractivity contribution < 1.29 is 12.8 Å². The summed E-state index contributed by atoms with van der Waals surface area (Å²) in [6.45, 7) is 0.578. The van der Waals surface area contributed by atoms with Gasteiger partial charge in [0, 0.05) is 4.47 Å². The van der Waals surface area contributed by atoms with Gasteiger partial charge in [0.1, 0.15) is 17.3 Å². The number of rotatable bonds is 5. The number of furan rings is 1. The Labute approximate surface area is 120 Å². The molecule has 0 bridgehead atoms. The first-order chi connectivity index (χ1) is 9.03. The van der Waals surface area contributed by atoms with Gasteiger partial charge in [0.2, 0.25) is 0 Å². The smallest absolute Gasteiger partial charge is 0.186 e. The molecular weight excluding hydrogens is 330 g/mol. The van der Waals surface area contributed by atoms with Gasteiger partial charge in [0.15, 0.2) is 9.84 Å². The highest BCUT2D eigenvalue weighted by Gasteiger charge is 2.20. The lowest BCUT2D eigenvalue weighted by molar-refractivity contribution is 0.465. The summed E-state index contributed by atoms with van der Waals surface area (Å²) in [5.74, 6) is 1.03. The van der Waals surface area contributed by atoms with Gasteiger partial charge < -0.3 is 9.73 Å². The zero-order valence-electron chi connectivity index (χ0n) is 10.4. The van der Waals surface area contributed by atoms with Crippen molar-refractivity contribution in [2.45, 2.75) is 17.2 Å². The van der Waals surface area contributed by atoms with Gasteiger partial charge >= 0.3 is 0 Å². The van der Waals surface area contributed by atoms with Crippen LogP contribution in [0.4, 0.5) is 0 Å². The fraction of sp³-hybridized carbons (Fsp3) is 0.231. The molecule has 0 radical (unpaired) electrons. The van der Waals surface area contributed by atoms with Crippen molar-refractivity contribution >= 4 is 25.8 Å². The van der Waals surface area contributed by atoms with Crippen LogP contribution in [0.5, 0.6) is 0 Å². The maximum atomic E-state index is 12.3. The molecule has 1 aromatic carbocycles. The van der Waals surface area contributed by atoms with Gasteiger partial charge in [-0.15, -0.1) is 0 Å². The standard InChI is InChI=1S/C13H14BrNO3S/c1-15-8-10-6-7-11(18-10)9-19(16,17)13-5-3-2-4-12(13)14/h2-7,15H,8-9H2,1H3. The third-order valence-corrected chi connectivity index (χ3v) is 5.22. The van der Waals surface area contributed by atoms with Crippen molar-refractivity contribution in [2.75, 3.05) is 7.05 Å². The summed E-state index contributed by atoms with van der Waals surface area (Å²) in [7, 11) is -1.60. The Kier molecular flexibility index (Phi) is 4.44. The molecule has 0 aliphatic carbocycles. The zero-order chi connectivity index (χ0) is 13.9. The van der Waals surface area contributed by atoms with E-state index >= 15 is 0 Å². The van der Waals surface area contributed by atoms with E-state index in [-0.39, 0.29) is 10.6 Å². The molecule has 102 valence electrons. The Morgan fingerprint density at radius 3 is 2.53 bits per heavy atom. The van der Waals surface area contributed by atoms with E-state index in [1.807, 2.05) is 0 Å². The summed E-state index contributed by atoms with van der Waals surface area (Å²) in [6.07, 6.45) is 0. The van der Waals surface area contributed by atoms with Gasteiger partial charge in [0.05, 0.1) is 11.4 Å². The predicted molar refractivity (Wildman–Crippen MR) is 76.5 cm³/mol. The lowest BCUT2D eigenvalue weighted by atomic mass is 10.4. The van der Waals surface area contributed by atoms with Crippen LogP contribution in [0.2, 0.25) is 0 Å². The Morgan fingerprint density at radius 2 is 1.84 bits per heavy atom. The Bertz CT molecular complexity index is 664. The zero-order valence-corrected chi connectivity index (χ0v) is 12.8. The van der Waals surface area contributed by atoms with E-state index in [1.54, 1.807) is 43.4 Å². The Hall–Kier alpha value is -1.11. The topological polar surface area (TPSA) is 59.3 Å². The van der Waals surface area contributed by atoms with Crippen LogP contribution in [0.3, 0.4) is 0 Å². The van der Waals surface area contributed by atoms with Gasteiger partial charge in [0.25, 0.3) is 0 Å². The monoisotopic (exact) mass is 343 g/mol. The van der Waals surface area contributed by atoms with E-state index in [9.17, 15) is 8.42 Å². The average molecular weight is 344 g/mol. The molecule has 4 nitrogen and oxygen atoms in total. The lowest BCUT2D eigenvalue weighted by Gasteiger charge is -2.04. The maximum Gasteiger partial charge on any atom is 0.186 e. The fourth-order valence-corrected chi connectivity index (χ4v) is 4.09. The van der Waals surface area contributed by atoms with E-state index in [0.29, 0.717) is 16.8 Å². The van der Waals surface area contributed by atoms with Crippen LogP contribution in [0, 0.1) is 0 Å². The molecule has 0 unspecified atom stereocenters. The molecule has 0 atom stereocenters. The molecule has 0 amide bonds. The Morgan fingerprint density at radius 1 is 1.16 bits per heavy atom. The molecule has 2 rings (SSSR count). The summed E-state index contributed by atoms with van der Waals surface area (Å²) in [4.78, 5) is 0.279. The van der Waals surface area contributed by atoms with Gasteiger partial charge in [-0.2, -0.15) is 0 Å². The summed E-state index contributed by atoms with van der Waals surface area (Å²) in [5, 5.41) is 2.95. The molecular formula is C13H14BrNO3S. The third-order valence-electron chi connectivity index (χ3n) is 2.57. The van der Waals surface area contributed by atoms with Crippen LogP contribution < -0.4 is 5.32 Å². The van der Waals surface area contributed by atoms with Crippen LogP contribution in [0.25, 0.3) is 0 Å². The number of sulfone groups is 1. The molecule has 0 aliphatic heterocycles. The lowest BCUT2D eigenvalue weighted by Crippen LogP contribution is -2.05. The molecule has 0 spiro atoms. The highest BCUT2D eigenvalue weighted by molar-refractivity contribution is 9.10. The fourth-order valence-electron chi connectivity index (χ4n) is 1.73. The maximum absolute atomic E-state index is 12.3. The summed E-state index contributed by atoms with van der Waals surface area (Å²) in [5.41, 5.74) is 0. The number of benzene rings is 1. The first-order valence-electron chi connectivity index (χ1n) is 5.72. The number of halogens is 1. The molecule has 1 N–H and O–H groups in total. The van der Waals surface area contributed by atoms with Crippen molar-refractivity contribution in [1.29, 1.82) is 0 Å². The molecule has 2 aromatic rings. The van der Waals surface area contributed by atoms with Crippen molar-refractivity contribution in [3.8, 4) is 0 Å². The van der Waals surface area contributed by atoms with E-state index in [4.69, 9.17) is 4.42 Å². The van der Waals surface area contributed by atoms with Crippen LogP contribution in [-0.4, -0.2) is 15.5 Å². The number of nitrogens with one attached hydrogen (secondary N) is 1. The predicted octanol–water partition coefficient (Wildman–Crippen LogP) is 2.74. The van der Waals surface area contributed by atoms with E-state index in [0.717, 1.165) is 5.76 Å². The molecule has 19 heavy (non-hydrogen) atoms. The van der Waals surface area contributed by atoms with Crippen molar-refractivity contribution in [3.05, 3.63) is 52.4 Å². The highest BCUT2D eigenvalue weighted by Crippen LogP contribution is 2.25. The molecule has 6 heteroatoms. The van der Waals surface area contributed by atoms with Crippen LogP contribution >= 0.6 is 15.9 Å². The second-order valence-electron chi connectivity index (χ2n) is 4.09. The van der Waals surface area contributed by atoms with Gasteiger partial charge in [-0.3, -0.25) is 0 Å². The van der Waals surface area contributed by atoms with Crippen molar-refractivity contribution in [2.24, 2.45) is 0 Å². The number of hydrogen-bond donors (Lipinski definition) is 1. The number of hydrogen-bond acceptors (Lipinski definition) is 4. The van der Waals surface area contributed by atoms with Gasteiger partial charge in [-0.1, -0.05) is 12.1 Å². The van der Waals surface area contributed by atoms with Crippen LogP contribution in [0.1, 0.15) is 11.5 Å². The summed E-state index contributed by atoms with van der Waals surface area (Å²) >= 11 is 3.26. The minimum Gasteiger partial charge on any atom is -0.464 e. The molecule has 0 fully saturated rings. The van der Waals surface area contributed by atoms with Gasteiger partial charge in [-0.25, -0.2) is 8.42 Å². The minimum atomic E-state index is -3.41. The Balaban J connectivity index is 2.24. The second kappa shape index (κ2) is 5.90. The molecule has 0 saturated carbocycles. The molecule has 0 aliphatic rings. The van der Waals surface area contributed by atoms with Crippen molar-refractivity contribution in [1.82, 2.24) is 5.32 Å². The molecule has 1 aromatic heterocycles. The quantitative estimate of drug-likeness (QED) is 0.906. The van der Waals surface area contributed by atoms with Crippen LogP contribution in [-0.2, 0) is 22.1 Å². The van der Waals surface area contributed by atoms with Crippen LogP contribution in [0.15, 0.2) is 50.2 Å². The van der Waals surface area contributed by atoms with E-state index in [2.05, 4.69) is 21.2 Å². The first-order valence-corrected chi connectivity index (χ1v) is 8.17. The van der Waals surface area contributed by atoms with E-state index < -0.39 is 9.84 Å². The van der Waals surface area contributed by atoms with Gasteiger partial charge in [-0.05, 0) is 47.2 Å². The first kappa shape index (κ1) is 14.3. The highest BCUT2D eigenvalue weighted by atomic mass is 79.9. The molecule has 1 heterocycles. The minimum absolute atomic E-state index is 0.140. The molecule has 0 saturated heterocycles. The van der Waals surface area contributed by atoms with Crippen molar-refractivity contribution in [3.63, 3.8) is 0 Å². The normalized spacial score (nSPS) is 11.7. The largest absolute Gasteiger partial charge is 0.464 e.